The van der Waals surface area contributed by atoms with Crippen LogP contribution in [0.2, 0.25) is 0 Å². The van der Waals surface area contributed by atoms with Gasteiger partial charge in [0, 0.05) is 0 Å². The molecular formula is C5H3FN2O3. The highest BCUT2D eigenvalue weighted by molar-refractivity contribution is 5.67. The summed E-state index contributed by atoms with van der Waals surface area (Å²) in [6.45, 7) is 0. The number of rotatable bonds is 0. The Morgan fingerprint density at radius 1 is 1.73 bits per heavy atom. The van der Waals surface area contributed by atoms with Crippen LogP contribution in [0.4, 0.5) is 9.18 Å². The standard InChI is InChI=1S/C5H3FN2O3/c6-3-1-7-4(9)8(2-3)5(10)11/h1-2H,(H,10,11). The molecule has 1 rings (SSSR count). The quantitative estimate of drug-likeness (QED) is 0.572. The first-order valence-corrected chi connectivity index (χ1v) is 2.59. The van der Waals surface area contributed by atoms with Gasteiger partial charge in [0.2, 0.25) is 0 Å². The maximum Gasteiger partial charge on any atom is 0.419 e. The number of halogens is 1. The lowest BCUT2D eigenvalue weighted by atomic mass is 10.6. The third kappa shape index (κ3) is 1.40. The largest absolute Gasteiger partial charge is 0.464 e. The first-order valence-electron chi connectivity index (χ1n) is 2.59. The summed E-state index contributed by atoms with van der Waals surface area (Å²) in [5.41, 5.74) is -1.01. The fourth-order valence-electron chi connectivity index (χ4n) is 0.528. The van der Waals surface area contributed by atoms with E-state index in [9.17, 15) is 14.0 Å². The zero-order valence-electron chi connectivity index (χ0n) is 5.19. The Labute approximate surface area is 59.7 Å². The third-order valence-corrected chi connectivity index (χ3v) is 0.963. The molecule has 0 atom stereocenters. The minimum Gasteiger partial charge on any atom is -0.464 e. The summed E-state index contributed by atoms with van der Waals surface area (Å²) in [6.07, 6.45) is -0.346. The monoisotopic (exact) mass is 158 g/mol. The topological polar surface area (TPSA) is 72.2 Å². The summed E-state index contributed by atoms with van der Waals surface area (Å²) < 4.78 is 12.4. The van der Waals surface area contributed by atoms with Crippen molar-refractivity contribution in [3.63, 3.8) is 0 Å². The maximum absolute atomic E-state index is 12.2. The van der Waals surface area contributed by atoms with Gasteiger partial charge >= 0.3 is 11.8 Å². The number of hydrogen-bond donors (Lipinski definition) is 1. The van der Waals surface area contributed by atoms with Crippen molar-refractivity contribution in [2.24, 2.45) is 0 Å². The molecule has 1 heterocycles. The number of aromatic nitrogens is 2. The lowest BCUT2D eigenvalue weighted by Crippen LogP contribution is -2.27. The average Bonchev–Trinajstić information content (AvgIpc) is 1.94. The number of nitrogens with zero attached hydrogens (tertiary/aromatic N) is 2. The van der Waals surface area contributed by atoms with Gasteiger partial charge in [-0.2, -0.15) is 9.55 Å². The van der Waals surface area contributed by atoms with Crippen LogP contribution in [0.15, 0.2) is 17.2 Å². The molecule has 1 N–H and O–H groups in total. The van der Waals surface area contributed by atoms with E-state index in [1.165, 1.54) is 0 Å². The average molecular weight is 158 g/mol. The van der Waals surface area contributed by atoms with Crippen LogP contribution in [0, 0.1) is 5.82 Å². The van der Waals surface area contributed by atoms with E-state index in [1.807, 2.05) is 0 Å². The molecule has 0 spiro atoms. The molecule has 0 aliphatic heterocycles. The van der Waals surface area contributed by atoms with E-state index in [-0.39, 0.29) is 4.57 Å². The van der Waals surface area contributed by atoms with Crippen LogP contribution in [-0.4, -0.2) is 20.8 Å². The summed E-state index contributed by atoms with van der Waals surface area (Å²) in [6, 6.07) is 0. The number of carboxylic acid groups (broad SMARTS) is 1. The summed E-state index contributed by atoms with van der Waals surface area (Å²) in [4.78, 5) is 23.6. The molecule has 11 heavy (non-hydrogen) atoms. The van der Waals surface area contributed by atoms with Gasteiger partial charge < -0.3 is 5.11 Å². The van der Waals surface area contributed by atoms with Crippen LogP contribution >= 0.6 is 0 Å². The van der Waals surface area contributed by atoms with Crippen LogP contribution in [0.5, 0.6) is 0 Å². The molecule has 6 heteroatoms. The third-order valence-electron chi connectivity index (χ3n) is 0.963. The van der Waals surface area contributed by atoms with Gasteiger partial charge in [-0.1, -0.05) is 0 Å². The zero-order valence-corrected chi connectivity index (χ0v) is 5.19. The van der Waals surface area contributed by atoms with Crippen molar-refractivity contribution in [3.05, 3.63) is 28.7 Å². The lowest BCUT2D eigenvalue weighted by Gasteiger charge is -1.94. The minimum absolute atomic E-state index is 0.162. The molecule has 5 nitrogen and oxygen atoms in total. The molecule has 58 valence electrons. The fourth-order valence-corrected chi connectivity index (χ4v) is 0.528. The van der Waals surface area contributed by atoms with Crippen molar-refractivity contribution in [1.29, 1.82) is 0 Å². The molecule has 0 unspecified atom stereocenters. The van der Waals surface area contributed by atoms with Crippen LogP contribution in [0.25, 0.3) is 0 Å². The molecule has 0 saturated carbocycles. The molecule has 0 fully saturated rings. The Kier molecular flexibility index (Phi) is 1.67. The van der Waals surface area contributed by atoms with Crippen LogP contribution < -0.4 is 5.69 Å². The fraction of sp³-hybridized carbons (Fsp3) is 0. The molecule has 1 aromatic heterocycles. The second-order valence-electron chi connectivity index (χ2n) is 1.71. The van der Waals surface area contributed by atoms with Gasteiger partial charge in [-0.15, -0.1) is 0 Å². The molecule has 0 amide bonds. The first-order chi connectivity index (χ1) is 5.11. The number of carbonyl (C=O) groups is 1. The summed E-state index contributed by atoms with van der Waals surface area (Å²) in [7, 11) is 0. The van der Waals surface area contributed by atoms with Gasteiger partial charge in [-0.3, -0.25) is 0 Å². The van der Waals surface area contributed by atoms with E-state index in [1.54, 1.807) is 0 Å². The minimum atomic E-state index is -1.55. The Morgan fingerprint density at radius 3 is 2.82 bits per heavy atom. The maximum atomic E-state index is 12.2. The van der Waals surface area contributed by atoms with Crippen molar-refractivity contribution < 1.29 is 14.3 Å². The van der Waals surface area contributed by atoms with E-state index in [2.05, 4.69) is 4.98 Å². The van der Waals surface area contributed by atoms with Crippen LogP contribution in [0.3, 0.4) is 0 Å². The van der Waals surface area contributed by atoms with E-state index in [4.69, 9.17) is 5.11 Å². The van der Waals surface area contributed by atoms with E-state index < -0.39 is 17.6 Å². The Balaban J connectivity index is 3.35. The van der Waals surface area contributed by atoms with Crippen LogP contribution in [-0.2, 0) is 0 Å². The number of hydrogen-bond acceptors (Lipinski definition) is 3. The van der Waals surface area contributed by atoms with Crippen molar-refractivity contribution in [2.75, 3.05) is 0 Å². The zero-order chi connectivity index (χ0) is 8.43. The van der Waals surface area contributed by atoms with Gasteiger partial charge in [0.25, 0.3) is 0 Å². The van der Waals surface area contributed by atoms with Crippen molar-refractivity contribution in [3.8, 4) is 0 Å². The highest BCUT2D eigenvalue weighted by Gasteiger charge is 2.04. The molecule has 0 aromatic carbocycles. The highest BCUT2D eigenvalue weighted by Crippen LogP contribution is 1.87. The van der Waals surface area contributed by atoms with Crippen molar-refractivity contribution >= 4 is 6.09 Å². The molecule has 0 bridgehead atoms. The predicted octanol–water partition coefficient (Wildman–Crippen LogP) is -0.0915. The van der Waals surface area contributed by atoms with Crippen molar-refractivity contribution in [1.82, 2.24) is 9.55 Å². The SMILES string of the molecule is O=C(O)n1cc(F)cnc1=O. The summed E-state index contributed by atoms with van der Waals surface area (Å²) >= 11 is 0. The van der Waals surface area contributed by atoms with Gasteiger partial charge in [0.05, 0.1) is 12.4 Å². The smallest absolute Gasteiger partial charge is 0.419 e. The molecule has 0 radical (unpaired) electrons. The second-order valence-corrected chi connectivity index (χ2v) is 1.71. The second kappa shape index (κ2) is 2.49. The normalized spacial score (nSPS) is 9.55. The predicted molar refractivity (Wildman–Crippen MR) is 31.9 cm³/mol. The Hall–Kier alpha value is -1.72. The van der Waals surface area contributed by atoms with E-state index in [0.717, 1.165) is 0 Å². The molecule has 0 aliphatic carbocycles. The molecule has 0 aliphatic rings. The van der Waals surface area contributed by atoms with E-state index in [0.29, 0.717) is 12.4 Å². The first kappa shape index (κ1) is 7.39. The lowest BCUT2D eigenvalue weighted by molar-refractivity contribution is 0.194. The summed E-state index contributed by atoms with van der Waals surface area (Å²) in [5, 5.41) is 8.25. The Morgan fingerprint density at radius 2 is 2.36 bits per heavy atom. The van der Waals surface area contributed by atoms with Crippen molar-refractivity contribution in [2.45, 2.75) is 0 Å². The molecule has 0 saturated heterocycles. The van der Waals surface area contributed by atoms with Gasteiger partial charge in [-0.25, -0.2) is 14.0 Å². The van der Waals surface area contributed by atoms with E-state index >= 15 is 0 Å². The van der Waals surface area contributed by atoms with Gasteiger partial charge in [0.1, 0.15) is 0 Å². The summed E-state index contributed by atoms with van der Waals surface area (Å²) in [5.74, 6) is -0.869. The van der Waals surface area contributed by atoms with Gasteiger partial charge in [-0.05, 0) is 0 Å². The molecule has 1 aromatic rings. The Bertz CT molecular complexity index is 346. The van der Waals surface area contributed by atoms with Gasteiger partial charge in [0.15, 0.2) is 5.82 Å². The van der Waals surface area contributed by atoms with Crippen LogP contribution in [0.1, 0.15) is 0 Å². The molecular weight excluding hydrogens is 155 g/mol. The highest BCUT2D eigenvalue weighted by atomic mass is 19.1.